The fraction of sp³-hybridized carbons (Fsp3) is 0.0952. The van der Waals surface area contributed by atoms with Crippen molar-refractivity contribution in [1.82, 2.24) is 4.57 Å². The van der Waals surface area contributed by atoms with E-state index in [0.29, 0.717) is 17.0 Å². The van der Waals surface area contributed by atoms with Gasteiger partial charge in [0.2, 0.25) is 5.91 Å². The molecule has 1 heterocycles. The number of hydrogen-bond donors (Lipinski definition) is 2. The zero-order valence-electron chi connectivity index (χ0n) is 15.2. The fourth-order valence-corrected chi connectivity index (χ4v) is 2.89. The summed E-state index contributed by atoms with van der Waals surface area (Å²) < 4.78 is 6.82. The van der Waals surface area contributed by atoms with Gasteiger partial charge in [0, 0.05) is 34.4 Å². The van der Waals surface area contributed by atoms with Gasteiger partial charge < -0.3 is 20.4 Å². The Kier molecular flexibility index (Phi) is 5.42. The van der Waals surface area contributed by atoms with Crippen LogP contribution in [0.3, 0.4) is 0 Å². The Labute approximate surface area is 161 Å². The van der Waals surface area contributed by atoms with E-state index in [0.717, 1.165) is 10.9 Å². The molecule has 3 N–H and O–H groups in total. The van der Waals surface area contributed by atoms with E-state index < -0.39 is 11.8 Å². The van der Waals surface area contributed by atoms with E-state index >= 15 is 0 Å². The SMILES string of the molecule is COc1cccc(NC(=O)C(C#N)=Cc2cn(CC(N)=O)c3ccccc23)c1. The van der Waals surface area contributed by atoms with Crippen molar-refractivity contribution < 1.29 is 14.3 Å². The van der Waals surface area contributed by atoms with Crippen LogP contribution in [0.4, 0.5) is 5.69 Å². The van der Waals surface area contributed by atoms with Gasteiger partial charge in [-0.05, 0) is 24.3 Å². The Balaban J connectivity index is 1.95. The second kappa shape index (κ2) is 8.10. The van der Waals surface area contributed by atoms with Crippen LogP contribution >= 0.6 is 0 Å². The number of rotatable bonds is 6. The lowest BCUT2D eigenvalue weighted by atomic mass is 10.1. The third kappa shape index (κ3) is 4.02. The molecule has 0 aliphatic carbocycles. The Bertz CT molecular complexity index is 1120. The first-order valence-corrected chi connectivity index (χ1v) is 8.45. The summed E-state index contributed by atoms with van der Waals surface area (Å²) >= 11 is 0. The van der Waals surface area contributed by atoms with Crippen LogP contribution < -0.4 is 15.8 Å². The fourth-order valence-electron chi connectivity index (χ4n) is 2.89. The largest absolute Gasteiger partial charge is 0.497 e. The smallest absolute Gasteiger partial charge is 0.266 e. The number of amides is 2. The molecule has 28 heavy (non-hydrogen) atoms. The molecule has 0 bridgehead atoms. The van der Waals surface area contributed by atoms with Crippen molar-refractivity contribution in [3.05, 3.63) is 65.9 Å². The molecule has 3 aromatic rings. The van der Waals surface area contributed by atoms with Crippen molar-refractivity contribution in [3.63, 3.8) is 0 Å². The number of nitrogens with zero attached hydrogens (tertiary/aromatic N) is 2. The number of ether oxygens (including phenoxy) is 1. The van der Waals surface area contributed by atoms with Crippen LogP contribution in [-0.2, 0) is 16.1 Å². The summed E-state index contributed by atoms with van der Waals surface area (Å²) in [5, 5.41) is 13.0. The third-order valence-electron chi connectivity index (χ3n) is 4.14. The molecular formula is C21H18N4O3. The van der Waals surface area contributed by atoms with Gasteiger partial charge in [0.1, 0.15) is 23.9 Å². The van der Waals surface area contributed by atoms with Crippen LogP contribution in [0.15, 0.2) is 60.3 Å². The summed E-state index contributed by atoms with van der Waals surface area (Å²) in [6.07, 6.45) is 3.20. The molecule has 0 aliphatic rings. The maximum absolute atomic E-state index is 12.5. The first-order valence-electron chi connectivity index (χ1n) is 8.45. The highest BCUT2D eigenvalue weighted by molar-refractivity contribution is 6.10. The Hall–Kier alpha value is -4.05. The van der Waals surface area contributed by atoms with Gasteiger partial charge >= 0.3 is 0 Å². The number of benzene rings is 2. The lowest BCUT2D eigenvalue weighted by molar-refractivity contribution is -0.118. The van der Waals surface area contributed by atoms with E-state index in [4.69, 9.17) is 10.5 Å². The molecule has 2 aromatic carbocycles. The topological polar surface area (TPSA) is 110 Å². The van der Waals surface area contributed by atoms with Gasteiger partial charge in [-0.2, -0.15) is 5.26 Å². The highest BCUT2D eigenvalue weighted by Crippen LogP contribution is 2.24. The Morgan fingerprint density at radius 2 is 2.04 bits per heavy atom. The molecule has 0 saturated heterocycles. The van der Waals surface area contributed by atoms with E-state index in [-0.39, 0.29) is 12.1 Å². The molecule has 0 radical (unpaired) electrons. The maximum atomic E-state index is 12.5. The summed E-state index contributed by atoms with van der Waals surface area (Å²) in [6, 6.07) is 16.2. The van der Waals surface area contributed by atoms with Crippen LogP contribution in [0.2, 0.25) is 0 Å². The number of primary amides is 1. The normalized spacial score (nSPS) is 11.1. The van der Waals surface area contributed by atoms with Crippen molar-refractivity contribution in [2.24, 2.45) is 5.73 Å². The number of nitrogens with two attached hydrogens (primary N) is 1. The zero-order valence-corrected chi connectivity index (χ0v) is 15.2. The second-order valence-electron chi connectivity index (χ2n) is 6.05. The minimum Gasteiger partial charge on any atom is -0.497 e. The Morgan fingerprint density at radius 1 is 1.25 bits per heavy atom. The molecule has 7 nitrogen and oxygen atoms in total. The first kappa shape index (κ1) is 18.7. The van der Waals surface area contributed by atoms with Gasteiger partial charge in [-0.25, -0.2) is 0 Å². The van der Waals surface area contributed by atoms with Crippen molar-refractivity contribution in [2.45, 2.75) is 6.54 Å². The monoisotopic (exact) mass is 374 g/mol. The zero-order chi connectivity index (χ0) is 20.1. The van der Waals surface area contributed by atoms with E-state index in [1.807, 2.05) is 30.3 Å². The molecule has 0 saturated carbocycles. The second-order valence-corrected chi connectivity index (χ2v) is 6.05. The number of para-hydroxylation sites is 1. The minimum atomic E-state index is -0.539. The van der Waals surface area contributed by atoms with Crippen molar-refractivity contribution in [2.75, 3.05) is 12.4 Å². The van der Waals surface area contributed by atoms with Crippen molar-refractivity contribution in [3.8, 4) is 11.8 Å². The number of fused-ring (bicyclic) bond motifs is 1. The first-order chi connectivity index (χ1) is 13.5. The molecule has 3 rings (SSSR count). The number of nitrogens with one attached hydrogen (secondary N) is 1. The number of hydrogen-bond acceptors (Lipinski definition) is 4. The average molecular weight is 374 g/mol. The number of methoxy groups -OCH3 is 1. The molecular weight excluding hydrogens is 356 g/mol. The van der Waals surface area contributed by atoms with Crippen LogP contribution in [-0.4, -0.2) is 23.5 Å². The van der Waals surface area contributed by atoms with Gasteiger partial charge in [-0.3, -0.25) is 9.59 Å². The average Bonchev–Trinajstić information content (AvgIpc) is 3.03. The Morgan fingerprint density at radius 3 is 2.75 bits per heavy atom. The van der Waals surface area contributed by atoms with E-state index in [2.05, 4.69) is 5.32 Å². The van der Waals surface area contributed by atoms with Gasteiger partial charge in [-0.15, -0.1) is 0 Å². The summed E-state index contributed by atoms with van der Waals surface area (Å²) in [6.45, 7) is 0.00620. The predicted molar refractivity (Wildman–Crippen MR) is 106 cm³/mol. The molecule has 0 spiro atoms. The highest BCUT2D eigenvalue weighted by Gasteiger charge is 2.13. The van der Waals surface area contributed by atoms with Crippen LogP contribution in [0.1, 0.15) is 5.56 Å². The third-order valence-corrected chi connectivity index (χ3v) is 4.14. The van der Waals surface area contributed by atoms with E-state index in [1.165, 1.54) is 13.2 Å². The van der Waals surface area contributed by atoms with E-state index in [1.54, 1.807) is 35.0 Å². The van der Waals surface area contributed by atoms with Crippen molar-refractivity contribution in [1.29, 1.82) is 5.26 Å². The van der Waals surface area contributed by atoms with E-state index in [9.17, 15) is 14.9 Å². The maximum Gasteiger partial charge on any atom is 0.266 e. The standard InChI is InChI=1S/C21H18N4O3/c1-28-17-6-4-5-16(10-17)24-21(27)14(11-22)9-15-12-25(13-20(23)26)19-8-3-2-7-18(15)19/h2-10,12H,13H2,1H3,(H2,23,26)(H,24,27). The molecule has 140 valence electrons. The number of aromatic nitrogens is 1. The predicted octanol–water partition coefficient (Wildman–Crippen LogP) is 2.68. The summed E-state index contributed by atoms with van der Waals surface area (Å²) in [5.74, 6) is -0.426. The summed E-state index contributed by atoms with van der Waals surface area (Å²) in [5.41, 5.74) is 7.20. The summed E-state index contributed by atoms with van der Waals surface area (Å²) in [7, 11) is 1.53. The number of carbonyl (C=O) groups excluding carboxylic acids is 2. The molecule has 2 amide bonds. The lowest BCUT2D eigenvalue weighted by Gasteiger charge is -2.06. The minimum absolute atomic E-state index is 0.00620. The molecule has 0 atom stereocenters. The van der Waals surface area contributed by atoms with Crippen LogP contribution in [0.5, 0.6) is 5.75 Å². The quantitative estimate of drug-likeness (QED) is 0.510. The van der Waals surface area contributed by atoms with Crippen LogP contribution in [0.25, 0.3) is 17.0 Å². The molecule has 0 unspecified atom stereocenters. The summed E-state index contributed by atoms with van der Waals surface area (Å²) in [4.78, 5) is 23.9. The molecule has 1 aromatic heterocycles. The lowest BCUT2D eigenvalue weighted by Crippen LogP contribution is -2.17. The number of anilines is 1. The van der Waals surface area contributed by atoms with Gasteiger partial charge in [0.05, 0.1) is 7.11 Å². The number of nitriles is 1. The molecule has 0 fully saturated rings. The molecule has 0 aliphatic heterocycles. The number of carbonyl (C=O) groups is 2. The van der Waals surface area contributed by atoms with Gasteiger partial charge in [0.25, 0.3) is 5.91 Å². The van der Waals surface area contributed by atoms with Crippen LogP contribution in [0, 0.1) is 11.3 Å². The van der Waals surface area contributed by atoms with Crippen molar-refractivity contribution >= 4 is 34.5 Å². The highest BCUT2D eigenvalue weighted by atomic mass is 16.5. The van der Waals surface area contributed by atoms with Gasteiger partial charge in [0.15, 0.2) is 0 Å². The van der Waals surface area contributed by atoms with Gasteiger partial charge in [-0.1, -0.05) is 24.3 Å². The molecule has 7 heteroatoms.